The number of primary amides is 1. The smallest absolute Gasteiger partial charge is 0.244 e. The second-order valence-electron chi connectivity index (χ2n) is 4.15. The van der Waals surface area contributed by atoms with Gasteiger partial charge in [0.05, 0.1) is 11.2 Å². The Labute approximate surface area is 121 Å². The number of hydrogen-bond acceptors (Lipinski definition) is 4. The van der Waals surface area contributed by atoms with Crippen LogP contribution in [0.4, 0.5) is 0 Å². The zero-order valence-electron chi connectivity index (χ0n) is 10.6. The summed E-state index contributed by atoms with van der Waals surface area (Å²) in [5.41, 5.74) is 7.86. The molecule has 0 fully saturated rings. The normalized spacial score (nSPS) is 11.3. The molecule has 0 aliphatic rings. The van der Waals surface area contributed by atoms with Crippen molar-refractivity contribution in [1.29, 1.82) is 0 Å². The number of rotatable bonds is 5. The molecule has 20 heavy (non-hydrogen) atoms. The van der Waals surface area contributed by atoms with E-state index < -0.39 is 5.91 Å². The minimum Gasteiger partial charge on any atom is -0.366 e. The van der Waals surface area contributed by atoms with Crippen LogP contribution in [-0.2, 0) is 16.0 Å². The number of thiol groups is 1. The van der Waals surface area contributed by atoms with Gasteiger partial charge in [0.1, 0.15) is 6.29 Å². The van der Waals surface area contributed by atoms with E-state index in [0.29, 0.717) is 11.4 Å². The number of carbonyl (C=O) groups is 2. The zero-order chi connectivity index (χ0) is 14.5. The Kier molecular flexibility index (Phi) is 4.37. The number of amides is 1. The largest absolute Gasteiger partial charge is 0.366 e. The summed E-state index contributed by atoms with van der Waals surface area (Å²) in [5.74, 6) is -0.578. The Bertz CT molecular complexity index is 659. The second kappa shape index (κ2) is 6.21. The van der Waals surface area contributed by atoms with E-state index in [4.69, 9.17) is 5.73 Å². The maximum Gasteiger partial charge on any atom is 0.244 e. The van der Waals surface area contributed by atoms with Gasteiger partial charge < -0.3 is 10.5 Å². The molecular formula is C14H13N3O2S. The molecule has 0 saturated carbocycles. The zero-order valence-corrected chi connectivity index (χ0v) is 11.5. The standard InChI is InChI=1S/C14H13N3O2S/c15-13(19)7-14(20)17-9-12(8-16-17)11-3-1-10(2-4-11)5-6-18/h1-4,6-9,20H,5H2,(H2,15,19)/b14-7-. The number of aldehydes is 1. The van der Waals surface area contributed by atoms with Gasteiger partial charge in [0.25, 0.3) is 0 Å². The summed E-state index contributed by atoms with van der Waals surface area (Å²) >= 11 is 4.15. The molecule has 0 aliphatic heterocycles. The van der Waals surface area contributed by atoms with E-state index in [1.165, 1.54) is 10.8 Å². The molecular weight excluding hydrogens is 274 g/mol. The predicted molar refractivity (Wildman–Crippen MR) is 79.9 cm³/mol. The van der Waals surface area contributed by atoms with Gasteiger partial charge in [0.2, 0.25) is 5.91 Å². The van der Waals surface area contributed by atoms with Gasteiger partial charge in [-0.1, -0.05) is 24.3 Å². The molecule has 0 radical (unpaired) electrons. The molecule has 0 saturated heterocycles. The van der Waals surface area contributed by atoms with Gasteiger partial charge in [-0.2, -0.15) is 5.10 Å². The van der Waals surface area contributed by atoms with Crippen LogP contribution in [0.1, 0.15) is 5.56 Å². The number of aromatic nitrogens is 2. The topological polar surface area (TPSA) is 78.0 Å². The lowest BCUT2D eigenvalue weighted by Gasteiger charge is -2.00. The van der Waals surface area contributed by atoms with Crippen LogP contribution in [0.3, 0.4) is 0 Å². The maximum atomic E-state index is 10.8. The predicted octanol–water partition coefficient (Wildman–Crippen LogP) is 1.50. The van der Waals surface area contributed by atoms with Crippen LogP contribution in [-0.4, -0.2) is 22.0 Å². The Morgan fingerprint density at radius 3 is 2.60 bits per heavy atom. The van der Waals surface area contributed by atoms with Gasteiger partial charge in [-0.3, -0.25) is 4.79 Å². The Morgan fingerprint density at radius 1 is 1.30 bits per heavy atom. The molecule has 0 unspecified atom stereocenters. The van der Waals surface area contributed by atoms with E-state index in [1.807, 2.05) is 24.3 Å². The van der Waals surface area contributed by atoms with Crippen LogP contribution in [0.5, 0.6) is 0 Å². The molecule has 0 spiro atoms. The lowest BCUT2D eigenvalue weighted by molar-refractivity contribution is -0.113. The molecule has 2 N–H and O–H groups in total. The number of hydrogen-bond donors (Lipinski definition) is 2. The SMILES string of the molecule is NC(=O)/C=C(\S)n1cc(-c2ccc(CC=O)cc2)cn1. The molecule has 102 valence electrons. The van der Waals surface area contributed by atoms with Crippen LogP contribution in [0.25, 0.3) is 16.2 Å². The highest BCUT2D eigenvalue weighted by molar-refractivity contribution is 7.90. The highest BCUT2D eigenvalue weighted by Gasteiger charge is 2.04. The van der Waals surface area contributed by atoms with Crippen molar-refractivity contribution in [1.82, 2.24) is 9.78 Å². The molecule has 0 aliphatic carbocycles. The molecule has 2 rings (SSSR count). The van der Waals surface area contributed by atoms with E-state index in [1.54, 1.807) is 12.4 Å². The van der Waals surface area contributed by atoms with Crippen molar-refractivity contribution in [3.63, 3.8) is 0 Å². The van der Waals surface area contributed by atoms with E-state index in [9.17, 15) is 9.59 Å². The van der Waals surface area contributed by atoms with Crippen molar-refractivity contribution < 1.29 is 9.59 Å². The minimum atomic E-state index is -0.578. The highest BCUT2D eigenvalue weighted by atomic mass is 32.1. The van der Waals surface area contributed by atoms with Gasteiger partial charge in [0, 0.05) is 24.3 Å². The summed E-state index contributed by atoms with van der Waals surface area (Å²) in [7, 11) is 0. The summed E-state index contributed by atoms with van der Waals surface area (Å²) in [6.07, 6.45) is 5.87. The molecule has 0 bridgehead atoms. The van der Waals surface area contributed by atoms with Crippen LogP contribution < -0.4 is 5.73 Å². The van der Waals surface area contributed by atoms with Crippen molar-refractivity contribution in [3.05, 3.63) is 48.3 Å². The Morgan fingerprint density at radius 2 is 2.00 bits per heavy atom. The van der Waals surface area contributed by atoms with E-state index in [2.05, 4.69) is 17.7 Å². The van der Waals surface area contributed by atoms with E-state index >= 15 is 0 Å². The fraction of sp³-hybridized carbons (Fsp3) is 0.0714. The van der Waals surface area contributed by atoms with Gasteiger partial charge in [-0.25, -0.2) is 4.68 Å². The van der Waals surface area contributed by atoms with Crippen LogP contribution in [0.15, 0.2) is 42.7 Å². The van der Waals surface area contributed by atoms with Crippen LogP contribution >= 0.6 is 12.6 Å². The number of carbonyl (C=O) groups excluding carboxylic acids is 2. The summed E-state index contributed by atoms with van der Waals surface area (Å²) in [4.78, 5) is 21.2. The molecule has 6 heteroatoms. The molecule has 0 atom stereocenters. The highest BCUT2D eigenvalue weighted by Crippen LogP contribution is 2.21. The fourth-order valence-corrected chi connectivity index (χ4v) is 1.96. The summed E-state index contributed by atoms with van der Waals surface area (Å²) in [5, 5.41) is 4.46. The minimum absolute atomic E-state index is 0.348. The number of benzene rings is 1. The summed E-state index contributed by atoms with van der Waals surface area (Å²) < 4.78 is 1.46. The first-order valence-electron chi connectivity index (χ1n) is 5.88. The Balaban J connectivity index is 2.24. The molecule has 2 aromatic rings. The third kappa shape index (κ3) is 3.36. The first kappa shape index (κ1) is 14.1. The summed E-state index contributed by atoms with van der Waals surface area (Å²) in [6.45, 7) is 0. The molecule has 1 heterocycles. The molecule has 5 nitrogen and oxygen atoms in total. The average Bonchev–Trinajstić information content (AvgIpc) is 2.89. The van der Waals surface area contributed by atoms with Crippen molar-refractivity contribution in [2.45, 2.75) is 6.42 Å². The van der Waals surface area contributed by atoms with Gasteiger partial charge in [-0.05, 0) is 11.1 Å². The monoisotopic (exact) mass is 287 g/mol. The van der Waals surface area contributed by atoms with Gasteiger partial charge in [0.15, 0.2) is 0 Å². The first-order chi connectivity index (χ1) is 9.60. The van der Waals surface area contributed by atoms with Crippen molar-refractivity contribution in [2.24, 2.45) is 5.73 Å². The van der Waals surface area contributed by atoms with Gasteiger partial charge >= 0.3 is 0 Å². The van der Waals surface area contributed by atoms with Crippen molar-refractivity contribution in [3.8, 4) is 11.1 Å². The van der Waals surface area contributed by atoms with Crippen LogP contribution in [0.2, 0.25) is 0 Å². The number of nitrogens with zero attached hydrogens (tertiary/aromatic N) is 2. The average molecular weight is 287 g/mol. The summed E-state index contributed by atoms with van der Waals surface area (Å²) in [6, 6.07) is 7.61. The third-order valence-corrected chi connectivity index (χ3v) is 3.03. The van der Waals surface area contributed by atoms with Crippen molar-refractivity contribution >= 4 is 29.9 Å². The van der Waals surface area contributed by atoms with Gasteiger partial charge in [-0.15, -0.1) is 12.6 Å². The molecule has 1 amide bonds. The third-order valence-electron chi connectivity index (χ3n) is 2.69. The molecule has 1 aromatic heterocycles. The molecule has 1 aromatic carbocycles. The van der Waals surface area contributed by atoms with Crippen LogP contribution in [0, 0.1) is 0 Å². The fourth-order valence-electron chi connectivity index (χ4n) is 1.72. The lowest BCUT2D eigenvalue weighted by Crippen LogP contribution is -2.07. The van der Waals surface area contributed by atoms with E-state index in [0.717, 1.165) is 23.0 Å². The lowest BCUT2D eigenvalue weighted by atomic mass is 10.1. The Hall–Kier alpha value is -2.34. The quantitative estimate of drug-likeness (QED) is 0.497. The maximum absolute atomic E-state index is 10.8. The first-order valence-corrected chi connectivity index (χ1v) is 6.33. The van der Waals surface area contributed by atoms with Crippen molar-refractivity contribution in [2.75, 3.05) is 0 Å². The number of nitrogens with two attached hydrogens (primary N) is 1. The van der Waals surface area contributed by atoms with E-state index in [-0.39, 0.29) is 0 Å². The second-order valence-corrected chi connectivity index (χ2v) is 4.60.